The van der Waals surface area contributed by atoms with Crippen LogP contribution in [0.3, 0.4) is 0 Å². The fourth-order valence-corrected chi connectivity index (χ4v) is 5.18. The van der Waals surface area contributed by atoms with E-state index in [2.05, 4.69) is 42.9 Å². The van der Waals surface area contributed by atoms with Crippen molar-refractivity contribution in [2.45, 2.75) is 46.6 Å². The third-order valence-corrected chi connectivity index (χ3v) is 6.95. The van der Waals surface area contributed by atoms with Crippen molar-refractivity contribution in [3.63, 3.8) is 0 Å². The Bertz CT molecular complexity index is 1270. The highest BCUT2D eigenvalue weighted by Gasteiger charge is 2.42. The molecule has 2 unspecified atom stereocenters. The minimum Gasteiger partial charge on any atom is -0.468 e. The number of carbonyl (C=O) groups is 2. The van der Waals surface area contributed by atoms with E-state index < -0.39 is 28.7 Å². The van der Waals surface area contributed by atoms with Crippen molar-refractivity contribution in [1.29, 1.82) is 0 Å². The summed E-state index contributed by atoms with van der Waals surface area (Å²) in [5.41, 5.74) is 2.49. The minimum atomic E-state index is -0.911. The van der Waals surface area contributed by atoms with Crippen LogP contribution in [-0.4, -0.2) is 54.8 Å². The number of carbonyl (C=O) groups excluding carboxylic acids is 2. The molecule has 1 aliphatic heterocycles. The monoisotopic (exact) mass is 535 g/mol. The number of rotatable bonds is 11. The molecule has 0 radical (unpaired) electrons. The van der Waals surface area contributed by atoms with Gasteiger partial charge in [0.25, 0.3) is 5.69 Å². The van der Waals surface area contributed by atoms with E-state index in [9.17, 15) is 19.7 Å². The van der Waals surface area contributed by atoms with Crippen LogP contribution in [0, 0.1) is 21.4 Å². The summed E-state index contributed by atoms with van der Waals surface area (Å²) in [5.74, 6) is -2.91. The van der Waals surface area contributed by atoms with Gasteiger partial charge in [-0.3, -0.25) is 19.9 Å². The Balaban J connectivity index is 1.78. The lowest BCUT2D eigenvalue weighted by Crippen LogP contribution is -2.36. The second-order valence-corrected chi connectivity index (χ2v) is 10.8. The van der Waals surface area contributed by atoms with Crippen molar-refractivity contribution in [3.05, 3.63) is 87.1 Å². The van der Waals surface area contributed by atoms with Gasteiger partial charge in [-0.1, -0.05) is 56.3 Å². The van der Waals surface area contributed by atoms with Gasteiger partial charge in [0.15, 0.2) is 0 Å². The van der Waals surface area contributed by atoms with Gasteiger partial charge in [-0.15, -0.1) is 0 Å². The molecule has 39 heavy (non-hydrogen) atoms. The van der Waals surface area contributed by atoms with Crippen LogP contribution >= 0.6 is 0 Å². The molecule has 1 heterocycles. The molecule has 0 N–H and O–H groups in total. The number of nitro benzene ring substituents is 1. The van der Waals surface area contributed by atoms with E-state index in [0.717, 1.165) is 13.1 Å². The maximum Gasteiger partial charge on any atom is 0.336 e. The normalized spacial score (nSPS) is 17.6. The number of nitro groups is 1. The van der Waals surface area contributed by atoms with Crippen LogP contribution in [0.15, 0.2) is 70.9 Å². The van der Waals surface area contributed by atoms with Crippen LogP contribution in [0.25, 0.3) is 0 Å². The average molecular weight is 536 g/mol. The predicted molar refractivity (Wildman–Crippen MR) is 149 cm³/mol. The zero-order valence-corrected chi connectivity index (χ0v) is 23.5. The number of benzene rings is 2. The Labute approximate surface area is 229 Å². The zero-order chi connectivity index (χ0) is 28.7. The standard InChI is InChI=1S/C30H37N3O6/c1-20-25(28(34)38-6)27(23-13-10-14-24(17-23)33(36)37)26(21(2)31-20)29(35)39-16-15-30(3,4)19-32(5)18-22-11-8-7-9-12-22/h7-14,17,25,27H,15-16,18-19H2,1-6H3. The highest BCUT2D eigenvalue weighted by atomic mass is 16.6. The van der Waals surface area contributed by atoms with Gasteiger partial charge in [-0.05, 0) is 43.9 Å². The first-order chi connectivity index (χ1) is 18.4. The van der Waals surface area contributed by atoms with Gasteiger partial charge in [-0.25, -0.2) is 4.79 Å². The number of allylic oxidation sites excluding steroid dienone is 1. The van der Waals surface area contributed by atoms with Crippen LogP contribution in [0.5, 0.6) is 0 Å². The van der Waals surface area contributed by atoms with Crippen molar-refractivity contribution < 1.29 is 24.0 Å². The Kier molecular flexibility index (Phi) is 9.75. The molecular formula is C30H37N3O6. The molecule has 2 aromatic rings. The SMILES string of the molecule is COC(=O)C1C(C)=NC(C)=C(C(=O)OCCC(C)(C)CN(C)Cc2ccccc2)C1c1cccc([N+](=O)[O-])c1. The first-order valence-corrected chi connectivity index (χ1v) is 12.9. The first kappa shape index (κ1) is 29.7. The van der Waals surface area contributed by atoms with E-state index in [1.807, 2.05) is 18.2 Å². The second-order valence-electron chi connectivity index (χ2n) is 10.8. The molecule has 0 bridgehead atoms. The number of hydrogen-bond donors (Lipinski definition) is 0. The summed E-state index contributed by atoms with van der Waals surface area (Å²) in [6, 6.07) is 16.2. The number of esters is 2. The van der Waals surface area contributed by atoms with E-state index in [4.69, 9.17) is 9.47 Å². The van der Waals surface area contributed by atoms with Crippen LogP contribution < -0.4 is 0 Å². The fraction of sp³-hybridized carbons (Fsp3) is 0.433. The molecule has 208 valence electrons. The lowest BCUT2D eigenvalue weighted by molar-refractivity contribution is -0.384. The number of methoxy groups -OCH3 is 1. The topological polar surface area (TPSA) is 111 Å². The third-order valence-electron chi connectivity index (χ3n) is 6.95. The van der Waals surface area contributed by atoms with Crippen LogP contribution in [0.2, 0.25) is 0 Å². The lowest BCUT2D eigenvalue weighted by Gasteiger charge is -2.32. The van der Waals surface area contributed by atoms with Gasteiger partial charge in [0, 0.05) is 42.5 Å². The van der Waals surface area contributed by atoms with Crippen molar-refractivity contribution in [1.82, 2.24) is 4.90 Å². The summed E-state index contributed by atoms with van der Waals surface area (Å²) in [4.78, 5) is 43.9. The summed E-state index contributed by atoms with van der Waals surface area (Å²) >= 11 is 0. The summed E-state index contributed by atoms with van der Waals surface area (Å²) in [6.07, 6.45) is 0.619. The van der Waals surface area contributed by atoms with Gasteiger partial charge in [-0.2, -0.15) is 0 Å². The van der Waals surface area contributed by atoms with Crippen LogP contribution in [0.1, 0.15) is 51.2 Å². The molecule has 1 aliphatic rings. The minimum absolute atomic E-state index is 0.136. The summed E-state index contributed by atoms with van der Waals surface area (Å²) < 4.78 is 10.8. The predicted octanol–water partition coefficient (Wildman–Crippen LogP) is 5.31. The Hall–Kier alpha value is -3.85. The van der Waals surface area contributed by atoms with Gasteiger partial charge in [0.1, 0.15) is 5.92 Å². The summed E-state index contributed by atoms with van der Waals surface area (Å²) in [6.45, 7) is 9.40. The molecule has 9 heteroatoms. The molecule has 0 saturated heterocycles. The fourth-order valence-electron chi connectivity index (χ4n) is 5.18. The van der Waals surface area contributed by atoms with Crippen molar-refractivity contribution >= 4 is 23.3 Å². The Morgan fingerprint density at radius 1 is 1.10 bits per heavy atom. The molecular weight excluding hydrogens is 498 g/mol. The molecule has 0 aromatic heterocycles. The molecule has 3 rings (SSSR count). The first-order valence-electron chi connectivity index (χ1n) is 12.9. The number of nitrogens with zero attached hydrogens (tertiary/aromatic N) is 3. The van der Waals surface area contributed by atoms with Gasteiger partial charge >= 0.3 is 11.9 Å². The zero-order valence-electron chi connectivity index (χ0n) is 23.5. The van der Waals surface area contributed by atoms with E-state index in [1.165, 1.54) is 30.9 Å². The van der Waals surface area contributed by atoms with E-state index in [0.29, 0.717) is 23.4 Å². The van der Waals surface area contributed by atoms with Crippen LogP contribution in [-0.2, 0) is 25.6 Å². The molecule has 2 atom stereocenters. The molecule has 0 fully saturated rings. The summed E-state index contributed by atoms with van der Waals surface area (Å²) in [5, 5.41) is 11.4. The average Bonchev–Trinajstić information content (AvgIpc) is 2.87. The van der Waals surface area contributed by atoms with E-state index in [1.54, 1.807) is 19.9 Å². The van der Waals surface area contributed by atoms with Gasteiger partial charge in [0.2, 0.25) is 0 Å². The maximum atomic E-state index is 13.5. The number of ether oxygens (including phenoxy) is 2. The van der Waals surface area contributed by atoms with E-state index >= 15 is 0 Å². The van der Waals surface area contributed by atoms with Crippen LogP contribution in [0.4, 0.5) is 5.69 Å². The van der Waals surface area contributed by atoms with Crippen molar-refractivity contribution in [3.8, 4) is 0 Å². The smallest absolute Gasteiger partial charge is 0.336 e. The number of aliphatic imine (C=N–C) groups is 1. The molecule has 2 aromatic carbocycles. The highest BCUT2D eigenvalue weighted by Crippen LogP contribution is 2.41. The number of hydrogen-bond acceptors (Lipinski definition) is 8. The molecule has 0 aliphatic carbocycles. The van der Waals surface area contributed by atoms with E-state index in [-0.39, 0.29) is 23.3 Å². The van der Waals surface area contributed by atoms with Gasteiger partial charge in [0.05, 0.1) is 24.2 Å². The highest BCUT2D eigenvalue weighted by molar-refractivity contribution is 6.07. The quantitative estimate of drug-likeness (QED) is 0.218. The molecule has 0 saturated carbocycles. The van der Waals surface area contributed by atoms with Crippen molar-refractivity contribution in [2.24, 2.45) is 16.3 Å². The Morgan fingerprint density at radius 3 is 2.44 bits per heavy atom. The molecule has 9 nitrogen and oxygen atoms in total. The maximum absolute atomic E-state index is 13.5. The Morgan fingerprint density at radius 2 is 1.79 bits per heavy atom. The largest absolute Gasteiger partial charge is 0.468 e. The number of non-ortho nitro benzene ring substituents is 1. The van der Waals surface area contributed by atoms with Gasteiger partial charge < -0.3 is 14.4 Å². The van der Waals surface area contributed by atoms with Crippen molar-refractivity contribution in [2.75, 3.05) is 27.3 Å². The summed E-state index contributed by atoms with van der Waals surface area (Å²) in [7, 11) is 3.33. The molecule has 0 amide bonds. The second kappa shape index (κ2) is 12.8. The lowest BCUT2D eigenvalue weighted by atomic mass is 9.75. The third kappa shape index (κ3) is 7.60. The molecule has 0 spiro atoms.